The van der Waals surface area contributed by atoms with Crippen LogP contribution in [0.15, 0.2) is 59.8 Å². The number of methoxy groups -OCH3 is 1. The lowest BCUT2D eigenvalue weighted by Gasteiger charge is -2.33. The Morgan fingerprint density at radius 3 is 2.30 bits per heavy atom. The summed E-state index contributed by atoms with van der Waals surface area (Å²) in [6.45, 7) is 5.59. The van der Waals surface area contributed by atoms with Crippen LogP contribution in [-0.2, 0) is 18.4 Å². The molecule has 0 saturated carbocycles. The van der Waals surface area contributed by atoms with Gasteiger partial charge >= 0.3 is 13.6 Å². The van der Waals surface area contributed by atoms with E-state index in [2.05, 4.69) is 5.32 Å². The van der Waals surface area contributed by atoms with E-state index in [9.17, 15) is 9.36 Å². The lowest BCUT2D eigenvalue weighted by Crippen LogP contribution is -2.27. The number of ether oxygens (including phenoxy) is 2. The second-order valence-corrected chi connectivity index (χ2v) is 8.71. The van der Waals surface area contributed by atoms with Gasteiger partial charge in [-0.2, -0.15) is 0 Å². The van der Waals surface area contributed by atoms with Crippen LogP contribution in [0, 0.1) is 0 Å². The molecule has 1 heterocycles. The third-order valence-electron chi connectivity index (χ3n) is 4.67. The first kappa shape index (κ1) is 22.1. The molecule has 7 nitrogen and oxygen atoms in total. The summed E-state index contributed by atoms with van der Waals surface area (Å²) in [4.78, 5) is 13.0. The predicted molar refractivity (Wildman–Crippen MR) is 115 cm³/mol. The number of carbonyl (C=O) groups is 1. The van der Waals surface area contributed by atoms with Crippen LogP contribution in [0.1, 0.15) is 32.0 Å². The number of allylic oxidation sites excluding steroid dienone is 1. The Hall–Kier alpha value is -2.60. The first-order chi connectivity index (χ1) is 14.4. The van der Waals surface area contributed by atoms with E-state index < -0.39 is 19.2 Å². The third-order valence-corrected chi connectivity index (χ3v) is 7.07. The predicted octanol–water partition coefficient (Wildman–Crippen LogP) is 5.31. The Bertz CT molecular complexity index is 975. The van der Waals surface area contributed by atoms with Crippen molar-refractivity contribution in [3.8, 4) is 11.5 Å². The molecule has 0 aromatic heterocycles. The number of benzene rings is 2. The standard InChI is InChI=1S/C22H26NO6P/c1-5-27-30(25,28-6-2)21-18-9-7-8-10-19(18)29-22(24)20(21)15(3)23-16-11-13-17(26-4)14-12-16/h7-14,21,23H,5-6H2,1-4H3. The molecule has 1 aliphatic rings. The number of rotatable bonds is 8. The van der Waals surface area contributed by atoms with Gasteiger partial charge in [0.2, 0.25) is 0 Å². The first-order valence-electron chi connectivity index (χ1n) is 9.75. The van der Waals surface area contributed by atoms with E-state index in [-0.39, 0.29) is 18.8 Å². The van der Waals surface area contributed by atoms with E-state index in [4.69, 9.17) is 18.5 Å². The maximum atomic E-state index is 13.8. The summed E-state index contributed by atoms with van der Waals surface area (Å²) in [6.07, 6.45) is 0. The summed E-state index contributed by atoms with van der Waals surface area (Å²) in [5.74, 6) is 0.483. The van der Waals surface area contributed by atoms with Crippen LogP contribution >= 0.6 is 7.60 Å². The highest BCUT2D eigenvalue weighted by Gasteiger charge is 2.47. The maximum absolute atomic E-state index is 13.8. The van der Waals surface area contributed by atoms with Gasteiger partial charge in [0, 0.05) is 16.9 Å². The zero-order valence-corrected chi connectivity index (χ0v) is 18.4. The second kappa shape index (κ2) is 9.47. The van der Waals surface area contributed by atoms with Crippen LogP contribution in [0.3, 0.4) is 0 Å². The number of para-hydroxylation sites is 1. The minimum Gasteiger partial charge on any atom is -0.497 e. The van der Waals surface area contributed by atoms with Crippen molar-refractivity contribution >= 4 is 19.3 Å². The molecule has 0 radical (unpaired) electrons. The molecule has 1 aliphatic heterocycles. The zero-order valence-electron chi connectivity index (χ0n) is 17.5. The molecule has 30 heavy (non-hydrogen) atoms. The molecular weight excluding hydrogens is 405 g/mol. The SMILES string of the molecule is CCOP(=O)(OCC)C1C(=C(C)Nc2ccc(OC)cc2)C(=O)Oc2ccccc21. The number of hydrogen-bond acceptors (Lipinski definition) is 7. The van der Waals surface area contributed by atoms with Gasteiger partial charge in [-0.1, -0.05) is 18.2 Å². The van der Waals surface area contributed by atoms with Crippen molar-refractivity contribution in [3.05, 3.63) is 65.4 Å². The molecule has 160 valence electrons. The van der Waals surface area contributed by atoms with E-state index in [1.165, 1.54) is 0 Å². The first-order valence-corrected chi connectivity index (χ1v) is 11.4. The van der Waals surface area contributed by atoms with Gasteiger partial charge in [0.1, 0.15) is 17.2 Å². The summed E-state index contributed by atoms with van der Waals surface area (Å²) in [7, 11) is -2.12. The fourth-order valence-corrected chi connectivity index (χ4v) is 5.67. The van der Waals surface area contributed by atoms with Crippen molar-refractivity contribution in [2.24, 2.45) is 0 Å². The number of esters is 1. The van der Waals surface area contributed by atoms with Crippen molar-refractivity contribution < 1.29 is 27.9 Å². The molecule has 0 bridgehead atoms. The summed E-state index contributed by atoms with van der Waals surface area (Å²) < 4.78 is 35.8. The number of nitrogens with one attached hydrogen (secondary N) is 1. The van der Waals surface area contributed by atoms with Gasteiger partial charge in [0.25, 0.3) is 0 Å². The second-order valence-electron chi connectivity index (χ2n) is 6.60. The topological polar surface area (TPSA) is 83.1 Å². The van der Waals surface area contributed by atoms with Gasteiger partial charge in [-0.15, -0.1) is 0 Å². The Morgan fingerprint density at radius 2 is 1.70 bits per heavy atom. The Balaban J connectivity index is 2.12. The number of hydrogen-bond donors (Lipinski definition) is 1. The van der Waals surface area contributed by atoms with E-state index in [1.807, 2.05) is 12.1 Å². The molecule has 1 unspecified atom stereocenters. The van der Waals surface area contributed by atoms with Crippen LogP contribution in [-0.4, -0.2) is 26.3 Å². The lowest BCUT2D eigenvalue weighted by atomic mass is 9.99. The van der Waals surface area contributed by atoms with E-state index in [1.54, 1.807) is 64.3 Å². The van der Waals surface area contributed by atoms with Gasteiger partial charge in [0.15, 0.2) is 0 Å². The largest absolute Gasteiger partial charge is 0.497 e. The molecule has 0 saturated heterocycles. The van der Waals surface area contributed by atoms with Crippen LogP contribution in [0.4, 0.5) is 5.69 Å². The summed E-state index contributed by atoms with van der Waals surface area (Å²) >= 11 is 0. The molecule has 0 spiro atoms. The van der Waals surface area contributed by atoms with Crippen molar-refractivity contribution in [2.45, 2.75) is 26.4 Å². The van der Waals surface area contributed by atoms with Gasteiger partial charge in [-0.3, -0.25) is 4.57 Å². The molecular formula is C22H26NO6P. The number of fused-ring (bicyclic) bond motifs is 1. The van der Waals surface area contributed by atoms with Gasteiger partial charge in [-0.05, 0) is 51.1 Å². The van der Waals surface area contributed by atoms with Gasteiger partial charge in [0.05, 0.1) is 25.9 Å². The molecule has 2 aromatic rings. The van der Waals surface area contributed by atoms with Crippen molar-refractivity contribution in [3.63, 3.8) is 0 Å². The molecule has 2 aromatic carbocycles. The Labute approximate surface area is 176 Å². The van der Waals surface area contributed by atoms with Crippen LogP contribution < -0.4 is 14.8 Å². The normalized spacial score (nSPS) is 17.7. The highest BCUT2D eigenvalue weighted by atomic mass is 31.2. The highest BCUT2D eigenvalue weighted by molar-refractivity contribution is 7.54. The van der Waals surface area contributed by atoms with E-state index in [0.717, 1.165) is 5.69 Å². The summed E-state index contributed by atoms with van der Waals surface area (Å²) in [5.41, 5.74) is 1.15. The number of anilines is 1. The minimum absolute atomic E-state index is 0.184. The molecule has 0 aliphatic carbocycles. The van der Waals surface area contributed by atoms with Gasteiger partial charge in [-0.25, -0.2) is 4.79 Å². The fourth-order valence-electron chi connectivity index (χ4n) is 3.41. The fraction of sp³-hybridized carbons (Fsp3) is 0.318. The van der Waals surface area contributed by atoms with E-state index >= 15 is 0 Å². The lowest BCUT2D eigenvalue weighted by molar-refractivity contribution is -0.131. The monoisotopic (exact) mass is 431 g/mol. The molecule has 3 rings (SSSR count). The Morgan fingerprint density at radius 1 is 1.07 bits per heavy atom. The molecule has 1 atom stereocenters. The van der Waals surface area contributed by atoms with Gasteiger partial charge < -0.3 is 23.8 Å². The number of carbonyl (C=O) groups excluding carboxylic acids is 1. The molecule has 1 N–H and O–H groups in total. The zero-order chi connectivity index (χ0) is 21.7. The average molecular weight is 431 g/mol. The molecule has 0 amide bonds. The van der Waals surface area contributed by atoms with E-state index in [0.29, 0.717) is 22.8 Å². The summed E-state index contributed by atoms with van der Waals surface area (Å²) in [6, 6.07) is 14.3. The highest BCUT2D eigenvalue weighted by Crippen LogP contribution is 2.66. The van der Waals surface area contributed by atoms with Crippen molar-refractivity contribution in [2.75, 3.05) is 25.6 Å². The maximum Gasteiger partial charge on any atom is 0.342 e. The van der Waals surface area contributed by atoms with Crippen LogP contribution in [0.5, 0.6) is 11.5 Å². The Kier molecular flexibility index (Phi) is 6.98. The van der Waals surface area contributed by atoms with Crippen LogP contribution in [0.2, 0.25) is 0 Å². The molecule has 8 heteroatoms. The van der Waals surface area contributed by atoms with Crippen LogP contribution in [0.25, 0.3) is 0 Å². The van der Waals surface area contributed by atoms with Crippen molar-refractivity contribution in [1.82, 2.24) is 0 Å². The van der Waals surface area contributed by atoms with Crippen molar-refractivity contribution in [1.29, 1.82) is 0 Å². The third kappa shape index (κ3) is 4.43. The quantitative estimate of drug-likeness (QED) is 0.263. The molecule has 0 fully saturated rings. The summed E-state index contributed by atoms with van der Waals surface area (Å²) in [5, 5.41) is 3.20. The minimum atomic E-state index is -3.71. The average Bonchev–Trinajstić information content (AvgIpc) is 2.73. The smallest absolute Gasteiger partial charge is 0.342 e.